The van der Waals surface area contributed by atoms with Gasteiger partial charge in [0.1, 0.15) is 11.5 Å². The van der Waals surface area contributed by atoms with Crippen molar-refractivity contribution in [3.05, 3.63) is 54.1 Å². The summed E-state index contributed by atoms with van der Waals surface area (Å²) in [5, 5.41) is 3.07. The summed E-state index contributed by atoms with van der Waals surface area (Å²) in [4.78, 5) is 0. The highest BCUT2D eigenvalue weighted by Gasteiger charge is 2.09. The molecule has 2 aromatic carbocycles. The van der Waals surface area contributed by atoms with Crippen LogP contribution < -0.4 is 14.8 Å². The van der Waals surface area contributed by atoms with E-state index in [1.165, 1.54) is 6.07 Å². The lowest BCUT2D eigenvalue weighted by atomic mass is 10.2. The first-order valence-corrected chi connectivity index (χ1v) is 6.10. The van der Waals surface area contributed by atoms with E-state index in [1.807, 2.05) is 24.3 Å². The van der Waals surface area contributed by atoms with Gasteiger partial charge in [-0.05, 0) is 18.2 Å². The fourth-order valence-electron chi connectivity index (χ4n) is 1.85. The molecule has 3 nitrogen and oxygen atoms in total. The third kappa shape index (κ3) is 3.60. The van der Waals surface area contributed by atoms with Crippen molar-refractivity contribution in [2.24, 2.45) is 0 Å². The van der Waals surface area contributed by atoms with Crippen LogP contribution in [0.3, 0.4) is 0 Å². The van der Waals surface area contributed by atoms with Crippen molar-refractivity contribution in [1.82, 2.24) is 0 Å². The van der Waals surface area contributed by atoms with Crippen LogP contribution in [0, 0.1) is 0 Å². The van der Waals surface area contributed by atoms with Gasteiger partial charge in [0, 0.05) is 12.1 Å². The van der Waals surface area contributed by atoms with Gasteiger partial charge in [0.05, 0.1) is 12.8 Å². The number of hydrogen-bond donors (Lipinski definition) is 1. The van der Waals surface area contributed by atoms with Crippen LogP contribution in [0.25, 0.3) is 0 Å². The van der Waals surface area contributed by atoms with Gasteiger partial charge in [-0.3, -0.25) is 0 Å². The Labute approximate surface area is 116 Å². The zero-order valence-corrected chi connectivity index (χ0v) is 11.0. The topological polar surface area (TPSA) is 30.5 Å². The molecule has 0 heterocycles. The molecule has 0 unspecified atom stereocenters. The van der Waals surface area contributed by atoms with E-state index in [1.54, 1.807) is 25.3 Å². The SMILES string of the molecule is COc1ccccc1CNc1ccccc1OC(F)F. The Morgan fingerprint density at radius 1 is 1.00 bits per heavy atom. The Kier molecular flexibility index (Phi) is 4.76. The van der Waals surface area contributed by atoms with E-state index in [-0.39, 0.29) is 5.75 Å². The first kappa shape index (κ1) is 14.1. The Morgan fingerprint density at radius 2 is 1.65 bits per heavy atom. The van der Waals surface area contributed by atoms with E-state index >= 15 is 0 Å². The van der Waals surface area contributed by atoms with Gasteiger partial charge in [0.2, 0.25) is 0 Å². The Morgan fingerprint density at radius 3 is 2.35 bits per heavy atom. The van der Waals surface area contributed by atoms with Crippen molar-refractivity contribution >= 4 is 5.69 Å². The summed E-state index contributed by atoms with van der Waals surface area (Å²) in [5.41, 5.74) is 1.44. The van der Waals surface area contributed by atoms with E-state index in [0.29, 0.717) is 12.2 Å². The highest BCUT2D eigenvalue weighted by Crippen LogP contribution is 2.27. The quantitative estimate of drug-likeness (QED) is 0.869. The molecular weight excluding hydrogens is 264 g/mol. The first-order chi connectivity index (χ1) is 9.70. The lowest BCUT2D eigenvalue weighted by Crippen LogP contribution is -2.07. The Balaban J connectivity index is 2.11. The Bertz CT molecular complexity index is 561. The van der Waals surface area contributed by atoms with Crippen molar-refractivity contribution in [2.75, 3.05) is 12.4 Å². The molecule has 0 radical (unpaired) electrons. The summed E-state index contributed by atoms with van der Waals surface area (Å²) in [7, 11) is 1.59. The molecule has 0 saturated carbocycles. The monoisotopic (exact) mass is 279 g/mol. The lowest BCUT2D eigenvalue weighted by molar-refractivity contribution is -0.0493. The molecule has 0 aliphatic carbocycles. The van der Waals surface area contributed by atoms with Crippen LogP contribution in [-0.4, -0.2) is 13.7 Å². The van der Waals surface area contributed by atoms with Crippen molar-refractivity contribution in [3.8, 4) is 11.5 Å². The maximum atomic E-state index is 12.3. The molecule has 0 aromatic heterocycles. The van der Waals surface area contributed by atoms with Crippen LogP contribution in [0.2, 0.25) is 0 Å². The molecule has 0 bridgehead atoms. The first-order valence-electron chi connectivity index (χ1n) is 6.10. The summed E-state index contributed by atoms with van der Waals surface area (Å²) in [5.74, 6) is 0.865. The zero-order chi connectivity index (χ0) is 14.4. The minimum absolute atomic E-state index is 0.123. The number of benzene rings is 2. The largest absolute Gasteiger partial charge is 0.496 e. The number of methoxy groups -OCH3 is 1. The number of nitrogens with one attached hydrogen (secondary N) is 1. The van der Waals surface area contributed by atoms with Crippen molar-refractivity contribution in [3.63, 3.8) is 0 Å². The average Bonchev–Trinajstić information content (AvgIpc) is 2.46. The minimum Gasteiger partial charge on any atom is -0.496 e. The van der Waals surface area contributed by atoms with Gasteiger partial charge in [-0.25, -0.2) is 0 Å². The van der Waals surface area contributed by atoms with E-state index in [9.17, 15) is 8.78 Å². The van der Waals surface area contributed by atoms with Crippen molar-refractivity contribution in [1.29, 1.82) is 0 Å². The molecule has 0 fully saturated rings. The predicted molar refractivity (Wildman–Crippen MR) is 73.4 cm³/mol. The van der Waals surface area contributed by atoms with Crippen molar-refractivity contribution in [2.45, 2.75) is 13.2 Å². The van der Waals surface area contributed by atoms with Gasteiger partial charge in [-0.15, -0.1) is 0 Å². The summed E-state index contributed by atoms with van der Waals surface area (Å²) >= 11 is 0. The van der Waals surface area contributed by atoms with Crippen LogP contribution in [0.1, 0.15) is 5.56 Å². The van der Waals surface area contributed by atoms with Gasteiger partial charge >= 0.3 is 6.61 Å². The summed E-state index contributed by atoms with van der Waals surface area (Å²) in [6, 6.07) is 14.1. The van der Waals surface area contributed by atoms with Crippen LogP contribution in [0.5, 0.6) is 11.5 Å². The number of rotatable bonds is 6. The molecule has 2 rings (SSSR count). The molecule has 1 N–H and O–H groups in total. The lowest BCUT2D eigenvalue weighted by Gasteiger charge is -2.14. The highest BCUT2D eigenvalue weighted by atomic mass is 19.3. The fraction of sp³-hybridized carbons (Fsp3) is 0.200. The summed E-state index contributed by atoms with van der Waals surface area (Å²) < 4.78 is 34.3. The third-order valence-electron chi connectivity index (χ3n) is 2.76. The second-order valence-electron chi connectivity index (χ2n) is 4.04. The number of para-hydroxylation sites is 3. The van der Waals surface area contributed by atoms with Crippen molar-refractivity contribution < 1.29 is 18.3 Å². The van der Waals surface area contributed by atoms with Gasteiger partial charge in [-0.1, -0.05) is 30.3 Å². The third-order valence-corrected chi connectivity index (χ3v) is 2.76. The molecule has 0 saturated heterocycles. The van der Waals surface area contributed by atoms with E-state index in [2.05, 4.69) is 10.1 Å². The molecule has 0 aliphatic heterocycles. The second kappa shape index (κ2) is 6.75. The van der Waals surface area contributed by atoms with E-state index < -0.39 is 6.61 Å². The molecule has 106 valence electrons. The zero-order valence-electron chi connectivity index (χ0n) is 11.0. The van der Waals surface area contributed by atoms with Crippen LogP contribution in [-0.2, 0) is 6.54 Å². The van der Waals surface area contributed by atoms with E-state index in [0.717, 1.165) is 11.3 Å². The smallest absolute Gasteiger partial charge is 0.387 e. The molecule has 0 spiro atoms. The molecule has 0 aliphatic rings. The fourth-order valence-corrected chi connectivity index (χ4v) is 1.85. The van der Waals surface area contributed by atoms with Gasteiger partial charge < -0.3 is 14.8 Å². The molecule has 0 atom stereocenters. The summed E-state index contributed by atoms with van der Waals surface area (Å²) in [6.07, 6.45) is 0. The molecule has 5 heteroatoms. The maximum absolute atomic E-state index is 12.3. The molecule has 20 heavy (non-hydrogen) atoms. The predicted octanol–water partition coefficient (Wildman–Crippen LogP) is 3.91. The average molecular weight is 279 g/mol. The maximum Gasteiger partial charge on any atom is 0.387 e. The number of ether oxygens (including phenoxy) is 2. The number of hydrogen-bond acceptors (Lipinski definition) is 3. The van der Waals surface area contributed by atoms with Crippen LogP contribution in [0.4, 0.5) is 14.5 Å². The number of halogens is 2. The number of anilines is 1. The molecular formula is C15H15F2NO2. The normalized spacial score (nSPS) is 10.4. The van der Waals surface area contributed by atoms with Crippen LogP contribution >= 0.6 is 0 Å². The standard InChI is InChI=1S/C15H15F2NO2/c1-19-13-8-4-2-6-11(13)10-18-12-7-3-5-9-14(12)20-15(16)17/h2-9,15,18H,10H2,1H3. The summed E-state index contributed by atoms with van der Waals surface area (Å²) in [6.45, 7) is -2.39. The second-order valence-corrected chi connectivity index (χ2v) is 4.04. The van der Waals surface area contributed by atoms with Gasteiger partial charge in [-0.2, -0.15) is 8.78 Å². The minimum atomic E-state index is -2.84. The Hall–Kier alpha value is -2.30. The number of alkyl halides is 2. The molecule has 0 amide bonds. The highest BCUT2D eigenvalue weighted by molar-refractivity contribution is 5.56. The van der Waals surface area contributed by atoms with E-state index in [4.69, 9.17) is 4.74 Å². The van der Waals surface area contributed by atoms with Gasteiger partial charge in [0.25, 0.3) is 0 Å². The van der Waals surface area contributed by atoms with Gasteiger partial charge in [0.15, 0.2) is 0 Å². The van der Waals surface area contributed by atoms with Crippen LogP contribution in [0.15, 0.2) is 48.5 Å². The molecule has 2 aromatic rings.